The second-order valence-corrected chi connectivity index (χ2v) is 6.09. The van der Waals surface area contributed by atoms with Gasteiger partial charge in [0.1, 0.15) is 0 Å². The maximum absolute atomic E-state index is 12.5. The SMILES string of the molecule is CCCC(CC1CCCCC1)C(=O)N(C)CCNC.Cl. The summed E-state index contributed by atoms with van der Waals surface area (Å²) in [4.78, 5) is 14.4. The average Bonchev–Trinajstić information content (AvgIpc) is 2.44. The van der Waals surface area contributed by atoms with Crippen molar-refractivity contribution in [3.8, 4) is 0 Å². The number of likely N-dealkylation sites (N-methyl/N-ethyl adjacent to an activating group) is 2. The fraction of sp³-hybridized carbons (Fsp3) is 0.938. The van der Waals surface area contributed by atoms with E-state index in [0.717, 1.165) is 38.3 Å². The molecule has 0 heterocycles. The Labute approximate surface area is 131 Å². The van der Waals surface area contributed by atoms with E-state index in [1.165, 1.54) is 32.1 Å². The maximum Gasteiger partial charge on any atom is 0.225 e. The Morgan fingerprint density at radius 3 is 2.50 bits per heavy atom. The molecule has 0 saturated heterocycles. The van der Waals surface area contributed by atoms with Crippen LogP contribution in [0.4, 0.5) is 0 Å². The second kappa shape index (κ2) is 11.4. The lowest BCUT2D eigenvalue weighted by atomic mass is 9.81. The van der Waals surface area contributed by atoms with Gasteiger partial charge in [0.25, 0.3) is 0 Å². The monoisotopic (exact) mass is 304 g/mol. The highest BCUT2D eigenvalue weighted by molar-refractivity contribution is 5.85. The van der Waals surface area contributed by atoms with Crippen LogP contribution in [-0.4, -0.2) is 38.0 Å². The molecule has 1 aliphatic carbocycles. The van der Waals surface area contributed by atoms with Crippen LogP contribution in [0.25, 0.3) is 0 Å². The molecule has 1 unspecified atom stereocenters. The molecule has 1 atom stereocenters. The summed E-state index contributed by atoms with van der Waals surface area (Å²) in [5, 5.41) is 3.11. The Morgan fingerprint density at radius 1 is 1.30 bits per heavy atom. The van der Waals surface area contributed by atoms with Gasteiger partial charge in [-0.15, -0.1) is 12.4 Å². The van der Waals surface area contributed by atoms with Crippen molar-refractivity contribution in [3.05, 3.63) is 0 Å². The van der Waals surface area contributed by atoms with Crippen molar-refractivity contribution < 1.29 is 4.79 Å². The van der Waals surface area contributed by atoms with Crippen molar-refractivity contribution in [1.29, 1.82) is 0 Å². The quantitative estimate of drug-likeness (QED) is 0.744. The van der Waals surface area contributed by atoms with E-state index in [1.807, 2.05) is 19.0 Å². The largest absolute Gasteiger partial charge is 0.344 e. The number of nitrogens with zero attached hydrogens (tertiary/aromatic N) is 1. The zero-order valence-electron chi connectivity index (χ0n) is 13.5. The molecule has 0 aliphatic heterocycles. The lowest BCUT2D eigenvalue weighted by Gasteiger charge is -2.28. The second-order valence-electron chi connectivity index (χ2n) is 6.09. The highest BCUT2D eigenvalue weighted by atomic mass is 35.5. The first-order chi connectivity index (χ1) is 9.19. The van der Waals surface area contributed by atoms with Crippen molar-refractivity contribution in [3.63, 3.8) is 0 Å². The lowest BCUT2D eigenvalue weighted by Crippen LogP contribution is -2.37. The number of hydrogen-bond donors (Lipinski definition) is 1. The number of rotatable bonds is 8. The van der Waals surface area contributed by atoms with Crippen LogP contribution in [0.2, 0.25) is 0 Å². The van der Waals surface area contributed by atoms with Gasteiger partial charge < -0.3 is 10.2 Å². The molecule has 4 heteroatoms. The minimum absolute atomic E-state index is 0. The topological polar surface area (TPSA) is 32.3 Å². The smallest absolute Gasteiger partial charge is 0.225 e. The summed E-state index contributed by atoms with van der Waals surface area (Å²) in [5.74, 6) is 1.42. The van der Waals surface area contributed by atoms with Gasteiger partial charge >= 0.3 is 0 Å². The molecule has 1 aliphatic rings. The van der Waals surface area contributed by atoms with Crippen molar-refractivity contribution >= 4 is 18.3 Å². The normalized spacial score (nSPS) is 17.4. The number of amides is 1. The fourth-order valence-electron chi connectivity index (χ4n) is 3.22. The van der Waals surface area contributed by atoms with Crippen LogP contribution >= 0.6 is 12.4 Å². The number of carbonyl (C=O) groups is 1. The molecule has 1 fully saturated rings. The molecule has 0 aromatic heterocycles. The molecule has 1 rings (SSSR count). The van der Waals surface area contributed by atoms with Gasteiger partial charge in [0.2, 0.25) is 5.91 Å². The summed E-state index contributed by atoms with van der Waals surface area (Å²) in [6.07, 6.45) is 10.1. The molecule has 0 radical (unpaired) electrons. The van der Waals surface area contributed by atoms with Crippen LogP contribution < -0.4 is 5.32 Å². The Balaban J connectivity index is 0.00000361. The van der Waals surface area contributed by atoms with Gasteiger partial charge in [-0.3, -0.25) is 4.79 Å². The Morgan fingerprint density at radius 2 is 1.95 bits per heavy atom. The van der Waals surface area contributed by atoms with Crippen molar-refractivity contribution in [2.45, 2.75) is 58.3 Å². The first-order valence-corrected chi connectivity index (χ1v) is 8.08. The van der Waals surface area contributed by atoms with Crippen molar-refractivity contribution in [2.24, 2.45) is 11.8 Å². The van der Waals surface area contributed by atoms with Crippen LogP contribution in [0.3, 0.4) is 0 Å². The highest BCUT2D eigenvalue weighted by Crippen LogP contribution is 2.31. The zero-order chi connectivity index (χ0) is 14.1. The van der Waals surface area contributed by atoms with E-state index in [4.69, 9.17) is 0 Å². The molecular formula is C16H33ClN2O. The third-order valence-corrected chi connectivity index (χ3v) is 4.40. The minimum atomic E-state index is 0. The van der Waals surface area contributed by atoms with Gasteiger partial charge in [0, 0.05) is 26.1 Å². The molecular weight excluding hydrogens is 272 g/mol. The Bertz CT molecular complexity index is 255. The third-order valence-electron chi connectivity index (χ3n) is 4.40. The van der Waals surface area contributed by atoms with E-state index in [9.17, 15) is 4.79 Å². The van der Waals surface area contributed by atoms with Gasteiger partial charge in [0.15, 0.2) is 0 Å². The number of nitrogens with one attached hydrogen (secondary N) is 1. The van der Waals surface area contributed by atoms with E-state index in [0.29, 0.717) is 5.91 Å². The van der Waals surface area contributed by atoms with Gasteiger partial charge in [0.05, 0.1) is 0 Å². The van der Waals surface area contributed by atoms with Crippen LogP contribution in [0, 0.1) is 11.8 Å². The molecule has 20 heavy (non-hydrogen) atoms. The van der Waals surface area contributed by atoms with E-state index in [2.05, 4.69) is 12.2 Å². The molecule has 1 N–H and O–H groups in total. The third kappa shape index (κ3) is 6.94. The molecule has 0 aromatic rings. The summed E-state index contributed by atoms with van der Waals surface area (Å²) in [7, 11) is 3.88. The first kappa shape index (κ1) is 19.7. The summed E-state index contributed by atoms with van der Waals surface area (Å²) in [6.45, 7) is 3.89. The predicted octanol–water partition coefficient (Wildman–Crippen LogP) is 3.47. The molecule has 0 bridgehead atoms. The van der Waals surface area contributed by atoms with Crippen LogP contribution in [-0.2, 0) is 4.79 Å². The maximum atomic E-state index is 12.5. The predicted molar refractivity (Wildman–Crippen MR) is 88.4 cm³/mol. The summed E-state index contributed by atoms with van der Waals surface area (Å²) < 4.78 is 0. The van der Waals surface area contributed by atoms with Gasteiger partial charge in [-0.05, 0) is 25.8 Å². The number of halogens is 1. The molecule has 0 spiro atoms. The fourth-order valence-corrected chi connectivity index (χ4v) is 3.22. The molecule has 3 nitrogen and oxygen atoms in total. The van der Waals surface area contributed by atoms with Crippen LogP contribution in [0.15, 0.2) is 0 Å². The van der Waals surface area contributed by atoms with Crippen molar-refractivity contribution in [1.82, 2.24) is 10.2 Å². The number of hydrogen-bond acceptors (Lipinski definition) is 2. The molecule has 120 valence electrons. The van der Waals surface area contributed by atoms with Gasteiger partial charge in [-0.25, -0.2) is 0 Å². The lowest BCUT2D eigenvalue weighted by molar-refractivity contribution is -0.135. The van der Waals surface area contributed by atoms with E-state index < -0.39 is 0 Å². The zero-order valence-corrected chi connectivity index (χ0v) is 14.3. The summed E-state index contributed by atoms with van der Waals surface area (Å²) in [5.41, 5.74) is 0. The summed E-state index contributed by atoms with van der Waals surface area (Å²) in [6, 6.07) is 0. The van der Waals surface area contributed by atoms with E-state index in [-0.39, 0.29) is 18.3 Å². The Hall–Kier alpha value is -0.280. The first-order valence-electron chi connectivity index (χ1n) is 8.08. The standard InChI is InChI=1S/C16H32N2O.ClH/c1-4-8-15(13-14-9-6-5-7-10-14)16(19)18(3)12-11-17-2;/h14-15,17H,4-13H2,1-3H3;1H. The van der Waals surface area contributed by atoms with E-state index in [1.54, 1.807) is 0 Å². The van der Waals surface area contributed by atoms with Crippen molar-refractivity contribution in [2.75, 3.05) is 27.2 Å². The van der Waals surface area contributed by atoms with Gasteiger partial charge in [-0.2, -0.15) is 0 Å². The minimum Gasteiger partial charge on any atom is -0.344 e. The van der Waals surface area contributed by atoms with Crippen LogP contribution in [0.1, 0.15) is 58.3 Å². The van der Waals surface area contributed by atoms with E-state index >= 15 is 0 Å². The molecule has 1 amide bonds. The van der Waals surface area contributed by atoms with Gasteiger partial charge in [-0.1, -0.05) is 45.4 Å². The summed E-state index contributed by atoms with van der Waals surface area (Å²) >= 11 is 0. The molecule has 0 aromatic carbocycles. The highest BCUT2D eigenvalue weighted by Gasteiger charge is 2.25. The number of carbonyl (C=O) groups excluding carboxylic acids is 1. The molecule has 1 saturated carbocycles. The Kier molecular flexibility index (Phi) is 11.2. The van der Waals surface area contributed by atoms with Crippen LogP contribution in [0.5, 0.6) is 0 Å². The average molecular weight is 305 g/mol.